The van der Waals surface area contributed by atoms with Crippen LogP contribution in [0, 0.1) is 18.6 Å². The number of rotatable bonds is 1. The van der Waals surface area contributed by atoms with Crippen LogP contribution >= 0.6 is 0 Å². The predicted molar refractivity (Wildman–Crippen MR) is 67.8 cm³/mol. The number of nitrogens with two attached hydrogens (primary N) is 1. The van der Waals surface area contributed by atoms with Gasteiger partial charge in [-0.25, -0.2) is 8.78 Å². The molecule has 0 atom stereocenters. The molecule has 1 aromatic carbocycles. The fraction of sp³-hybridized carbons (Fsp3) is 0.500. The lowest BCUT2D eigenvalue weighted by Crippen LogP contribution is -2.02. The van der Waals surface area contributed by atoms with Crippen molar-refractivity contribution < 1.29 is 8.78 Å². The molecule has 0 radical (unpaired) electrons. The van der Waals surface area contributed by atoms with Gasteiger partial charge in [0.15, 0.2) is 11.6 Å². The molecule has 0 heterocycles. The molecule has 16 heavy (non-hydrogen) atoms. The highest BCUT2D eigenvalue weighted by molar-refractivity contribution is 5.67. The molecular formula is C12H22F2N2. The summed E-state index contributed by atoms with van der Waals surface area (Å²) in [7, 11) is 1.49. The summed E-state index contributed by atoms with van der Waals surface area (Å²) in [6.45, 7) is 9.47. The molecule has 0 aliphatic carbocycles. The molecule has 0 saturated heterocycles. The maximum atomic E-state index is 13.0. The largest absolute Gasteiger partial charge is 0.397 e. The number of nitrogens with one attached hydrogen (secondary N) is 1. The van der Waals surface area contributed by atoms with Crippen molar-refractivity contribution >= 4 is 11.4 Å². The lowest BCUT2D eigenvalue weighted by Gasteiger charge is -2.08. The Morgan fingerprint density at radius 3 is 1.88 bits per heavy atom. The molecule has 0 aromatic heterocycles. The normalized spacial score (nSPS) is 8.25. The van der Waals surface area contributed by atoms with Crippen molar-refractivity contribution in [3.05, 3.63) is 23.3 Å². The lowest BCUT2D eigenvalue weighted by atomic mass is 10.1. The summed E-state index contributed by atoms with van der Waals surface area (Å²) < 4.78 is 25.9. The molecule has 0 aliphatic rings. The second-order valence-corrected chi connectivity index (χ2v) is 2.54. The number of hydrogen-bond acceptors (Lipinski definition) is 2. The van der Waals surface area contributed by atoms with E-state index in [-0.39, 0.29) is 16.9 Å². The van der Waals surface area contributed by atoms with Crippen molar-refractivity contribution in [3.63, 3.8) is 0 Å². The summed E-state index contributed by atoms with van der Waals surface area (Å²) >= 11 is 0. The van der Waals surface area contributed by atoms with Crippen LogP contribution in [0.2, 0.25) is 0 Å². The molecule has 0 bridgehead atoms. The van der Waals surface area contributed by atoms with Crippen LogP contribution in [0.4, 0.5) is 20.2 Å². The van der Waals surface area contributed by atoms with Gasteiger partial charge in [0.05, 0.1) is 11.4 Å². The Bertz CT molecular complexity index is 312. The van der Waals surface area contributed by atoms with Crippen LogP contribution in [0.1, 0.15) is 33.3 Å². The van der Waals surface area contributed by atoms with Crippen molar-refractivity contribution in [2.45, 2.75) is 34.6 Å². The first kappa shape index (κ1) is 17.1. The zero-order valence-corrected chi connectivity index (χ0v) is 10.9. The van der Waals surface area contributed by atoms with E-state index >= 15 is 0 Å². The Morgan fingerprint density at radius 1 is 1.06 bits per heavy atom. The number of nitrogen functional groups attached to an aromatic ring is 1. The maximum Gasteiger partial charge on any atom is 0.184 e. The van der Waals surface area contributed by atoms with Crippen LogP contribution in [0.15, 0.2) is 6.07 Å². The first-order valence-corrected chi connectivity index (χ1v) is 5.49. The van der Waals surface area contributed by atoms with E-state index in [4.69, 9.17) is 5.73 Å². The van der Waals surface area contributed by atoms with Gasteiger partial charge in [0.25, 0.3) is 0 Å². The number of anilines is 2. The van der Waals surface area contributed by atoms with Crippen molar-refractivity contribution in [2.24, 2.45) is 0 Å². The first-order chi connectivity index (χ1) is 7.57. The Hall–Kier alpha value is -1.32. The summed E-state index contributed by atoms with van der Waals surface area (Å²) in [6.07, 6.45) is 0. The fourth-order valence-electron chi connectivity index (χ4n) is 1.03. The minimum Gasteiger partial charge on any atom is -0.397 e. The molecule has 0 amide bonds. The molecule has 4 heteroatoms. The Balaban J connectivity index is 0. The van der Waals surface area contributed by atoms with Gasteiger partial charge in [-0.05, 0) is 18.6 Å². The highest BCUT2D eigenvalue weighted by Crippen LogP contribution is 2.26. The SMILES string of the molecule is CC.CC.CNc1c(N)cc(C)c(F)c1F. The van der Waals surface area contributed by atoms with Crippen LogP contribution in [-0.2, 0) is 0 Å². The molecule has 0 spiro atoms. The molecule has 1 aromatic rings. The van der Waals surface area contributed by atoms with E-state index < -0.39 is 11.6 Å². The number of aryl methyl sites for hydroxylation is 1. The molecule has 1 rings (SSSR count). The third-order valence-corrected chi connectivity index (χ3v) is 1.67. The minimum absolute atomic E-state index is 0.0121. The highest BCUT2D eigenvalue weighted by atomic mass is 19.2. The summed E-state index contributed by atoms with van der Waals surface area (Å²) in [5, 5.41) is 2.49. The molecule has 3 N–H and O–H groups in total. The van der Waals surface area contributed by atoms with E-state index in [2.05, 4.69) is 5.32 Å². The summed E-state index contributed by atoms with van der Waals surface area (Å²) in [5.41, 5.74) is 5.87. The van der Waals surface area contributed by atoms with E-state index in [0.717, 1.165) is 0 Å². The van der Waals surface area contributed by atoms with Gasteiger partial charge in [-0.15, -0.1) is 0 Å². The number of benzene rings is 1. The Morgan fingerprint density at radius 2 is 1.50 bits per heavy atom. The number of halogens is 2. The quantitative estimate of drug-likeness (QED) is 0.719. The van der Waals surface area contributed by atoms with Crippen LogP contribution in [0.5, 0.6) is 0 Å². The van der Waals surface area contributed by atoms with Gasteiger partial charge in [-0.3, -0.25) is 0 Å². The van der Waals surface area contributed by atoms with Crippen LogP contribution in [0.3, 0.4) is 0 Å². The average molecular weight is 232 g/mol. The topological polar surface area (TPSA) is 38.0 Å². The molecular weight excluding hydrogens is 210 g/mol. The van der Waals surface area contributed by atoms with E-state index in [1.807, 2.05) is 27.7 Å². The molecule has 2 nitrogen and oxygen atoms in total. The minimum atomic E-state index is -0.921. The first-order valence-electron chi connectivity index (χ1n) is 5.49. The second-order valence-electron chi connectivity index (χ2n) is 2.54. The van der Waals surface area contributed by atoms with Gasteiger partial charge in [-0.1, -0.05) is 27.7 Å². The molecule has 94 valence electrons. The number of hydrogen-bond donors (Lipinski definition) is 2. The Labute approximate surface area is 96.9 Å². The van der Waals surface area contributed by atoms with Crippen molar-refractivity contribution in [1.29, 1.82) is 0 Å². The van der Waals surface area contributed by atoms with Crippen molar-refractivity contribution in [2.75, 3.05) is 18.1 Å². The van der Waals surface area contributed by atoms with E-state index in [1.165, 1.54) is 20.0 Å². The zero-order valence-electron chi connectivity index (χ0n) is 10.9. The van der Waals surface area contributed by atoms with E-state index in [9.17, 15) is 8.78 Å². The van der Waals surface area contributed by atoms with Crippen LogP contribution < -0.4 is 11.1 Å². The van der Waals surface area contributed by atoms with Gasteiger partial charge in [0, 0.05) is 7.05 Å². The van der Waals surface area contributed by atoms with Gasteiger partial charge in [0.1, 0.15) is 0 Å². The van der Waals surface area contributed by atoms with Crippen LogP contribution in [0.25, 0.3) is 0 Å². The summed E-state index contributed by atoms with van der Waals surface area (Å²) in [6, 6.07) is 1.39. The predicted octanol–water partition coefficient (Wildman–Crippen LogP) is 3.95. The zero-order chi connectivity index (χ0) is 13.3. The van der Waals surface area contributed by atoms with E-state index in [1.54, 1.807) is 0 Å². The molecule has 0 saturated carbocycles. The highest BCUT2D eigenvalue weighted by Gasteiger charge is 2.12. The van der Waals surface area contributed by atoms with Crippen molar-refractivity contribution in [1.82, 2.24) is 0 Å². The molecule has 0 fully saturated rings. The fourth-order valence-corrected chi connectivity index (χ4v) is 1.03. The average Bonchev–Trinajstić information content (AvgIpc) is 2.32. The Kier molecular flexibility index (Phi) is 9.55. The smallest absolute Gasteiger partial charge is 0.184 e. The van der Waals surface area contributed by atoms with Gasteiger partial charge in [0.2, 0.25) is 0 Å². The van der Waals surface area contributed by atoms with Crippen molar-refractivity contribution in [3.8, 4) is 0 Å². The van der Waals surface area contributed by atoms with Crippen LogP contribution in [-0.4, -0.2) is 7.05 Å². The van der Waals surface area contributed by atoms with E-state index in [0.29, 0.717) is 0 Å². The lowest BCUT2D eigenvalue weighted by molar-refractivity contribution is 0.506. The van der Waals surface area contributed by atoms with Gasteiger partial charge >= 0.3 is 0 Å². The third-order valence-electron chi connectivity index (χ3n) is 1.67. The van der Waals surface area contributed by atoms with Gasteiger partial charge in [-0.2, -0.15) is 0 Å². The summed E-state index contributed by atoms with van der Waals surface area (Å²) in [4.78, 5) is 0. The second kappa shape index (κ2) is 8.95. The van der Waals surface area contributed by atoms with Gasteiger partial charge < -0.3 is 11.1 Å². The third kappa shape index (κ3) is 4.04. The monoisotopic (exact) mass is 232 g/mol. The maximum absolute atomic E-state index is 13.0. The standard InChI is InChI=1S/C8H10F2N2.2C2H6/c1-4-3-5(11)8(12-2)7(10)6(4)9;2*1-2/h3,12H,11H2,1-2H3;2*1-2H3. The molecule has 0 aliphatic heterocycles. The molecule has 0 unspecified atom stereocenters. The summed E-state index contributed by atoms with van der Waals surface area (Å²) in [5.74, 6) is -1.77.